The van der Waals surface area contributed by atoms with Gasteiger partial charge in [-0.1, -0.05) is 25.1 Å². The van der Waals surface area contributed by atoms with E-state index < -0.39 is 0 Å². The van der Waals surface area contributed by atoms with E-state index in [1.807, 2.05) is 25.1 Å². The van der Waals surface area contributed by atoms with Gasteiger partial charge in [0.25, 0.3) is 0 Å². The van der Waals surface area contributed by atoms with Crippen LogP contribution in [0, 0.1) is 6.92 Å². The number of nitrogens with zero attached hydrogens (tertiary/aromatic N) is 1. The lowest BCUT2D eigenvalue weighted by Crippen LogP contribution is -2.32. The molecule has 1 heterocycles. The number of hydrogen-bond acceptors (Lipinski definition) is 3. The van der Waals surface area contributed by atoms with E-state index in [4.69, 9.17) is 4.74 Å². The molecule has 0 radical (unpaired) electrons. The largest absolute Gasteiger partial charge is 0.487 e. The summed E-state index contributed by atoms with van der Waals surface area (Å²) in [7, 11) is 0. The number of rotatable bonds is 6. The highest BCUT2D eigenvalue weighted by atomic mass is 16.5. The molecule has 1 unspecified atom stereocenters. The van der Waals surface area contributed by atoms with Gasteiger partial charge in [0.15, 0.2) is 0 Å². The van der Waals surface area contributed by atoms with Gasteiger partial charge in [0.2, 0.25) is 0 Å². The van der Waals surface area contributed by atoms with Crippen LogP contribution in [0.5, 0.6) is 5.75 Å². The van der Waals surface area contributed by atoms with Crippen LogP contribution in [0.1, 0.15) is 31.9 Å². The number of hydrogen-bond donors (Lipinski definition) is 1. The molecule has 3 heteroatoms. The lowest BCUT2D eigenvalue weighted by atomic mass is 10.2. The Bertz CT molecular complexity index is 593. The molecule has 20 heavy (non-hydrogen) atoms. The van der Waals surface area contributed by atoms with E-state index in [0.29, 0.717) is 0 Å². The van der Waals surface area contributed by atoms with Crippen molar-refractivity contribution in [2.45, 2.75) is 45.3 Å². The SMILES string of the molecule is CCC(CNC1CC1)Oc1cccc2ccc(C)nc12. The molecule has 1 N–H and O–H groups in total. The topological polar surface area (TPSA) is 34.1 Å². The molecule has 0 amide bonds. The normalized spacial score (nSPS) is 16.3. The Morgan fingerprint density at radius 1 is 1.30 bits per heavy atom. The van der Waals surface area contributed by atoms with Crippen molar-refractivity contribution in [1.29, 1.82) is 0 Å². The van der Waals surface area contributed by atoms with Crippen LogP contribution in [-0.4, -0.2) is 23.7 Å². The minimum atomic E-state index is 0.212. The molecule has 2 aromatic rings. The van der Waals surface area contributed by atoms with Crippen LogP contribution in [0.3, 0.4) is 0 Å². The number of pyridine rings is 1. The first-order chi connectivity index (χ1) is 9.76. The van der Waals surface area contributed by atoms with Gasteiger partial charge >= 0.3 is 0 Å². The molecule has 0 spiro atoms. The molecule has 3 nitrogen and oxygen atoms in total. The van der Waals surface area contributed by atoms with Crippen molar-refractivity contribution in [1.82, 2.24) is 10.3 Å². The average molecular weight is 270 g/mol. The minimum Gasteiger partial charge on any atom is -0.487 e. The molecule has 1 aliphatic carbocycles. The summed E-state index contributed by atoms with van der Waals surface area (Å²) in [6.07, 6.45) is 3.84. The van der Waals surface area contributed by atoms with Crippen molar-refractivity contribution in [3.8, 4) is 5.75 Å². The van der Waals surface area contributed by atoms with Crippen LogP contribution in [0.4, 0.5) is 0 Å². The number of aromatic nitrogens is 1. The zero-order valence-corrected chi connectivity index (χ0v) is 12.2. The van der Waals surface area contributed by atoms with Crippen LogP contribution < -0.4 is 10.1 Å². The maximum Gasteiger partial charge on any atom is 0.146 e. The fourth-order valence-electron chi connectivity index (χ4n) is 2.35. The molecule has 1 aromatic carbocycles. The highest BCUT2D eigenvalue weighted by Gasteiger charge is 2.22. The van der Waals surface area contributed by atoms with Crippen molar-refractivity contribution >= 4 is 10.9 Å². The van der Waals surface area contributed by atoms with Gasteiger partial charge in [-0.25, -0.2) is 4.98 Å². The van der Waals surface area contributed by atoms with Crippen LogP contribution >= 0.6 is 0 Å². The number of ether oxygens (including phenoxy) is 1. The van der Waals surface area contributed by atoms with E-state index in [1.165, 1.54) is 12.8 Å². The molecule has 1 fully saturated rings. The van der Waals surface area contributed by atoms with Gasteiger partial charge in [-0.15, -0.1) is 0 Å². The Morgan fingerprint density at radius 3 is 2.90 bits per heavy atom. The Morgan fingerprint density at radius 2 is 2.15 bits per heavy atom. The van der Waals surface area contributed by atoms with Crippen molar-refractivity contribution in [2.24, 2.45) is 0 Å². The maximum absolute atomic E-state index is 6.19. The Labute approximate surface area is 120 Å². The zero-order valence-electron chi connectivity index (χ0n) is 12.2. The Kier molecular flexibility index (Phi) is 3.88. The molecule has 0 aliphatic heterocycles. The van der Waals surface area contributed by atoms with E-state index in [9.17, 15) is 0 Å². The average Bonchev–Trinajstić information content (AvgIpc) is 3.28. The summed E-state index contributed by atoms with van der Waals surface area (Å²) >= 11 is 0. The van der Waals surface area contributed by atoms with Crippen LogP contribution in [-0.2, 0) is 0 Å². The summed E-state index contributed by atoms with van der Waals surface area (Å²) in [4.78, 5) is 4.63. The van der Waals surface area contributed by atoms with Gasteiger partial charge in [-0.3, -0.25) is 0 Å². The lowest BCUT2D eigenvalue weighted by molar-refractivity contribution is 0.195. The van der Waals surface area contributed by atoms with Gasteiger partial charge in [0, 0.05) is 23.7 Å². The third-order valence-electron chi connectivity index (χ3n) is 3.78. The molecule has 1 aliphatic rings. The molecule has 1 saturated carbocycles. The van der Waals surface area contributed by atoms with Crippen LogP contribution in [0.25, 0.3) is 10.9 Å². The van der Waals surface area contributed by atoms with Crippen LogP contribution in [0.15, 0.2) is 30.3 Å². The quantitative estimate of drug-likeness (QED) is 0.873. The van der Waals surface area contributed by atoms with Gasteiger partial charge in [0.05, 0.1) is 0 Å². The Balaban J connectivity index is 1.79. The lowest BCUT2D eigenvalue weighted by Gasteiger charge is -2.19. The minimum absolute atomic E-state index is 0.212. The molecule has 3 rings (SSSR count). The second kappa shape index (κ2) is 5.80. The summed E-state index contributed by atoms with van der Waals surface area (Å²) < 4.78 is 6.19. The monoisotopic (exact) mass is 270 g/mol. The molecule has 0 bridgehead atoms. The third kappa shape index (κ3) is 3.10. The zero-order chi connectivity index (χ0) is 13.9. The number of benzene rings is 1. The molecular formula is C17H22N2O. The van der Waals surface area contributed by atoms with Crippen molar-refractivity contribution in [3.05, 3.63) is 36.0 Å². The number of aryl methyl sites for hydroxylation is 1. The number of para-hydroxylation sites is 1. The predicted molar refractivity (Wildman–Crippen MR) is 82.2 cm³/mol. The van der Waals surface area contributed by atoms with Gasteiger partial charge in [-0.05, 0) is 38.3 Å². The van der Waals surface area contributed by atoms with Gasteiger partial charge in [-0.2, -0.15) is 0 Å². The van der Waals surface area contributed by atoms with E-state index >= 15 is 0 Å². The molecule has 1 atom stereocenters. The molecular weight excluding hydrogens is 248 g/mol. The molecule has 0 saturated heterocycles. The number of fused-ring (bicyclic) bond motifs is 1. The van der Waals surface area contributed by atoms with Gasteiger partial charge < -0.3 is 10.1 Å². The van der Waals surface area contributed by atoms with Crippen molar-refractivity contribution in [3.63, 3.8) is 0 Å². The first kappa shape index (κ1) is 13.4. The first-order valence-corrected chi connectivity index (χ1v) is 7.52. The maximum atomic E-state index is 6.19. The van der Waals surface area contributed by atoms with Crippen molar-refractivity contribution < 1.29 is 4.74 Å². The Hall–Kier alpha value is -1.61. The summed E-state index contributed by atoms with van der Waals surface area (Å²) in [5.41, 5.74) is 2.00. The molecule has 106 valence electrons. The highest BCUT2D eigenvalue weighted by molar-refractivity contribution is 5.84. The summed E-state index contributed by atoms with van der Waals surface area (Å²) in [5.74, 6) is 0.899. The van der Waals surface area contributed by atoms with E-state index in [-0.39, 0.29) is 6.10 Å². The third-order valence-corrected chi connectivity index (χ3v) is 3.78. The van der Waals surface area contributed by atoms with E-state index in [2.05, 4.69) is 29.4 Å². The second-order valence-electron chi connectivity index (χ2n) is 5.61. The predicted octanol–water partition coefficient (Wildman–Crippen LogP) is 3.45. The number of nitrogens with one attached hydrogen (secondary N) is 1. The van der Waals surface area contributed by atoms with Crippen LogP contribution in [0.2, 0.25) is 0 Å². The summed E-state index contributed by atoms with van der Waals surface area (Å²) in [5, 5.41) is 4.68. The smallest absolute Gasteiger partial charge is 0.146 e. The molecule has 1 aromatic heterocycles. The highest BCUT2D eigenvalue weighted by Crippen LogP contribution is 2.25. The summed E-state index contributed by atoms with van der Waals surface area (Å²) in [6.45, 7) is 5.11. The standard InChI is InChI=1S/C17H22N2O/c1-3-15(11-18-14-9-10-14)20-16-6-4-5-13-8-7-12(2)19-17(13)16/h4-8,14-15,18H,3,9-11H2,1-2H3. The second-order valence-corrected chi connectivity index (χ2v) is 5.61. The fraction of sp³-hybridized carbons (Fsp3) is 0.471. The van der Waals surface area contributed by atoms with Gasteiger partial charge in [0.1, 0.15) is 17.4 Å². The van der Waals surface area contributed by atoms with E-state index in [0.717, 1.165) is 41.4 Å². The van der Waals surface area contributed by atoms with E-state index in [1.54, 1.807) is 0 Å². The van der Waals surface area contributed by atoms with Crippen molar-refractivity contribution in [2.75, 3.05) is 6.54 Å². The summed E-state index contributed by atoms with van der Waals surface area (Å²) in [6, 6.07) is 11.0. The fourth-order valence-corrected chi connectivity index (χ4v) is 2.35. The first-order valence-electron chi connectivity index (χ1n) is 7.52.